The molecule has 1 amide bonds. The van der Waals surface area contributed by atoms with E-state index in [2.05, 4.69) is 11.8 Å². The second-order valence-corrected chi connectivity index (χ2v) is 6.12. The van der Waals surface area contributed by atoms with Gasteiger partial charge in [0.05, 0.1) is 6.26 Å². The Balaban J connectivity index is 1.59. The maximum atomic E-state index is 12.5. The molecule has 1 aliphatic heterocycles. The lowest BCUT2D eigenvalue weighted by Gasteiger charge is -2.24. The summed E-state index contributed by atoms with van der Waals surface area (Å²) in [6.45, 7) is 3.85. The Kier molecular flexibility index (Phi) is 3.63. The Morgan fingerprint density at radius 3 is 2.84 bits per heavy atom. The first-order valence-electron chi connectivity index (χ1n) is 7.58. The number of carbonyl (C=O) groups excluding carboxylic acids is 1. The number of hydrogen-bond donors (Lipinski definition) is 0. The fourth-order valence-corrected chi connectivity index (χ4v) is 3.66. The lowest BCUT2D eigenvalue weighted by molar-refractivity contribution is -0.135. The van der Waals surface area contributed by atoms with Crippen LogP contribution in [0.1, 0.15) is 50.7 Å². The molecule has 2 atom stereocenters. The second-order valence-electron chi connectivity index (χ2n) is 6.12. The van der Waals surface area contributed by atoms with E-state index in [-0.39, 0.29) is 5.92 Å². The van der Waals surface area contributed by atoms with Crippen molar-refractivity contribution < 1.29 is 9.21 Å². The van der Waals surface area contributed by atoms with E-state index in [1.807, 2.05) is 12.1 Å². The summed E-state index contributed by atoms with van der Waals surface area (Å²) in [7, 11) is 0. The van der Waals surface area contributed by atoms with Gasteiger partial charge < -0.3 is 9.32 Å². The Hall–Kier alpha value is -1.25. The Morgan fingerprint density at radius 1 is 1.37 bits per heavy atom. The lowest BCUT2D eigenvalue weighted by atomic mass is 9.91. The van der Waals surface area contributed by atoms with Gasteiger partial charge in [-0.25, -0.2) is 0 Å². The zero-order valence-electron chi connectivity index (χ0n) is 11.7. The summed E-state index contributed by atoms with van der Waals surface area (Å²) < 4.78 is 5.47. The highest BCUT2D eigenvalue weighted by atomic mass is 16.3. The van der Waals surface area contributed by atoms with Crippen LogP contribution in [-0.2, 0) is 4.79 Å². The van der Waals surface area contributed by atoms with E-state index < -0.39 is 0 Å². The maximum absolute atomic E-state index is 12.5. The fourth-order valence-electron chi connectivity index (χ4n) is 3.66. The van der Waals surface area contributed by atoms with Gasteiger partial charge in [0.2, 0.25) is 5.91 Å². The molecular weight excluding hydrogens is 238 g/mol. The summed E-state index contributed by atoms with van der Waals surface area (Å²) >= 11 is 0. The van der Waals surface area contributed by atoms with Crippen LogP contribution in [0, 0.1) is 11.8 Å². The second kappa shape index (κ2) is 5.40. The summed E-state index contributed by atoms with van der Waals surface area (Å²) in [6, 6.07) is 3.96. The number of furan rings is 1. The first kappa shape index (κ1) is 12.8. The molecule has 2 heterocycles. The Labute approximate surface area is 115 Å². The fraction of sp³-hybridized carbons (Fsp3) is 0.688. The molecule has 3 nitrogen and oxygen atoms in total. The van der Waals surface area contributed by atoms with Crippen molar-refractivity contribution in [3.05, 3.63) is 24.2 Å². The van der Waals surface area contributed by atoms with Crippen molar-refractivity contribution in [2.24, 2.45) is 11.8 Å². The Bertz CT molecular complexity index is 420. The van der Waals surface area contributed by atoms with Gasteiger partial charge in [-0.15, -0.1) is 0 Å². The van der Waals surface area contributed by atoms with Gasteiger partial charge in [0, 0.05) is 24.9 Å². The molecule has 1 aromatic rings. The molecule has 0 bridgehead atoms. The van der Waals surface area contributed by atoms with Crippen LogP contribution < -0.4 is 0 Å². The molecule has 2 aliphatic rings. The molecule has 2 fully saturated rings. The standard InChI is InChI=1S/C16H23NO2/c1-12(13-5-2-3-6-13)16(18)17-9-8-14(11-17)15-7-4-10-19-15/h4,7,10,12-14H,2-3,5-6,8-9,11H2,1H3. The molecule has 0 spiro atoms. The molecule has 2 unspecified atom stereocenters. The third-order valence-electron chi connectivity index (χ3n) is 4.94. The molecule has 1 saturated heterocycles. The summed E-state index contributed by atoms with van der Waals surface area (Å²) in [5, 5.41) is 0. The minimum absolute atomic E-state index is 0.206. The van der Waals surface area contributed by atoms with Gasteiger partial charge >= 0.3 is 0 Å². The van der Waals surface area contributed by atoms with E-state index in [1.165, 1.54) is 25.7 Å². The monoisotopic (exact) mass is 261 g/mol. The average molecular weight is 261 g/mol. The highest BCUT2D eigenvalue weighted by molar-refractivity contribution is 5.79. The zero-order chi connectivity index (χ0) is 13.2. The van der Waals surface area contributed by atoms with Crippen LogP contribution in [0.4, 0.5) is 0 Å². The number of hydrogen-bond acceptors (Lipinski definition) is 2. The van der Waals surface area contributed by atoms with Gasteiger partial charge in [-0.3, -0.25) is 4.79 Å². The minimum Gasteiger partial charge on any atom is -0.469 e. The van der Waals surface area contributed by atoms with Crippen molar-refractivity contribution in [3.63, 3.8) is 0 Å². The normalized spacial score (nSPS) is 25.9. The quantitative estimate of drug-likeness (QED) is 0.835. The molecule has 3 rings (SSSR count). The summed E-state index contributed by atoms with van der Waals surface area (Å²) in [5.41, 5.74) is 0. The van der Waals surface area contributed by atoms with E-state index >= 15 is 0 Å². The van der Waals surface area contributed by atoms with Crippen LogP contribution in [0.2, 0.25) is 0 Å². The highest BCUT2D eigenvalue weighted by Gasteiger charge is 2.34. The predicted molar refractivity (Wildman–Crippen MR) is 73.8 cm³/mol. The molecule has 0 radical (unpaired) electrons. The van der Waals surface area contributed by atoms with Gasteiger partial charge in [0.1, 0.15) is 5.76 Å². The smallest absolute Gasteiger partial charge is 0.225 e. The third-order valence-corrected chi connectivity index (χ3v) is 4.94. The molecule has 3 heteroatoms. The lowest BCUT2D eigenvalue weighted by Crippen LogP contribution is -2.35. The first-order chi connectivity index (χ1) is 9.25. The van der Waals surface area contributed by atoms with Crippen LogP contribution in [0.3, 0.4) is 0 Å². The summed E-state index contributed by atoms with van der Waals surface area (Å²) in [4.78, 5) is 14.6. The average Bonchev–Trinajstić information content (AvgIpc) is 3.16. The van der Waals surface area contributed by atoms with E-state index in [0.717, 1.165) is 25.3 Å². The Morgan fingerprint density at radius 2 is 2.16 bits per heavy atom. The van der Waals surface area contributed by atoms with Crippen LogP contribution in [-0.4, -0.2) is 23.9 Å². The first-order valence-corrected chi connectivity index (χ1v) is 7.58. The molecule has 1 aromatic heterocycles. The molecule has 19 heavy (non-hydrogen) atoms. The number of likely N-dealkylation sites (tertiary alicyclic amines) is 1. The largest absolute Gasteiger partial charge is 0.469 e. The SMILES string of the molecule is CC(C(=O)N1CCC(c2ccco2)C1)C1CCCC1. The minimum atomic E-state index is 0.206. The van der Waals surface area contributed by atoms with Crippen LogP contribution in [0.25, 0.3) is 0 Å². The van der Waals surface area contributed by atoms with Gasteiger partial charge in [0.15, 0.2) is 0 Å². The molecule has 1 aliphatic carbocycles. The van der Waals surface area contributed by atoms with Gasteiger partial charge in [-0.1, -0.05) is 19.8 Å². The number of nitrogens with zero attached hydrogens (tertiary/aromatic N) is 1. The van der Waals surface area contributed by atoms with Crippen LogP contribution in [0.15, 0.2) is 22.8 Å². The van der Waals surface area contributed by atoms with Crippen molar-refractivity contribution in [1.82, 2.24) is 4.90 Å². The molecule has 1 saturated carbocycles. The molecule has 0 N–H and O–H groups in total. The molecule has 0 aromatic carbocycles. The zero-order valence-corrected chi connectivity index (χ0v) is 11.7. The summed E-state index contributed by atoms with van der Waals surface area (Å²) in [5.74, 6) is 2.62. The summed E-state index contributed by atoms with van der Waals surface area (Å²) in [6.07, 6.45) is 7.84. The van der Waals surface area contributed by atoms with Crippen molar-refractivity contribution in [1.29, 1.82) is 0 Å². The topological polar surface area (TPSA) is 33.5 Å². The molecular formula is C16H23NO2. The third kappa shape index (κ3) is 2.56. The van der Waals surface area contributed by atoms with E-state index in [4.69, 9.17) is 4.42 Å². The number of rotatable bonds is 3. The van der Waals surface area contributed by atoms with Gasteiger partial charge in [-0.05, 0) is 37.3 Å². The predicted octanol–water partition coefficient (Wildman–Crippen LogP) is 3.42. The molecule has 104 valence electrons. The highest BCUT2D eigenvalue weighted by Crippen LogP contribution is 2.34. The van der Waals surface area contributed by atoms with Gasteiger partial charge in [0.25, 0.3) is 0 Å². The van der Waals surface area contributed by atoms with Crippen molar-refractivity contribution in [2.45, 2.75) is 44.9 Å². The van der Waals surface area contributed by atoms with Crippen molar-refractivity contribution >= 4 is 5.91 Å². The maximum Gasteiger partial charge on any atom is 0.225 e. The van der Waals surface area contributed by atoms with E-state index in [0.29, 0.717) is 17.7 Å². The van der Waals surface area contributed by atoms with E-state index in [1.54, 1.807) is 6.26 Å². The van der Waals surface area contributed by atoms with Gasteiger partial charge in [-0.2, -0.15) is 0 Å². The van der Waals surface area contributed by atoms with Crippen molar-refractivity contribution in [2.75, 3.05) is 13.1 Å². The van der Waals surface area contributed by atoms with E-state index in [9.17, 15) is 4.79 Å². The number of amides is 1. The van der Waals surface area contributed by atoms with Crippen LogP contribution >= 0.6 is 0 Å². The number of carbonyl (C=O) groups is 1. The van der Waals surface area contributed by atoms with Crippen LogP contribution in [0.5, 0.6) is 0 Å². The van der Waals surface area contributed by atoms with Crippen molar-refractivity contribution in [3.8, 4) is 0 Å².